The Balaban J connectivity index is 1.38. The number of fused-ring (bicyclic) bond motifs is 3. The highest BCUT2D eigenvalue weighted by atomic mass is 32.1. The lowest BCUT2D eigenvalue weighted by atomic mass is 9.94. The number of aryl methyl sites for hydroxylation is 1. The predicted molar refractivity (Wildman–Crippen MR) is 113 cm³/mol. The van der Waals surface area contributed by atoms with Crippen molar-refractivity contribution in [1.29, 1.82) is 0 Å². The molecule has 2 heterocycles. The van der Waals surface area contributed by atoms with Crippen molar-refractivity contribution < 1.29 is 14.3 Å². The number of anilines is 1. The molecule has 3 aromatic rings. The number of rotatable bonds is 3. The largest absolute Gasteiger partial charge is 0.423 e. The van der Waals surface area contributed by atoms with Crippen LogP contribution in [0.5, 0.6) is 5.75 Å². The first-order valence-electron chi connectivity index (χ1n) is 9.78. The van der Waals surface area contributed by atoms with E-state index in [1.165, 1.54) is 16.9 Å². The number of nitrogens with one attached hydrogen (secondary N) is 2. The molecule has 1 unspecified atom stereocenters. The zero-order chi connectivity index (χ0) is 19.8. The van der Waals surface area contributed by atoms with E-state index in [0.717, 1.165) is 35.4 Å². The molecule has 1 atom stereocenters. The van der Waals surface area contributed by atoms with Gasteiger partial charge in [-0.3, -0.25) is 4.79 Å². The standard InChI is InChI=1S/C23H20N2O3S/c26-21-19-17-11-4-5-12-18(17)29-22(19)25-20(24-21)15-9-6-10-16(13-15)28-23(27)14-7-2-1-3-8-14/h1-3,6-10,13,20,25H,4-5,11-12H2,(H,24,26). The van der Waals surface area contributed by atoms with Crippen molar-refractivity contribution in [2.45, 2.75) is 31.8 Å². The first-order chi connectivity index (χ1) is 14.2. The molecule has 0 saturated heterocycles. The van der Waals surface area contributed by atoms with Crippen LogP contribution in [0.2, 0.25) is 0 Å². The van der Waals surface area contributed by atoms with E-state index >= 15 is 0 Å². The highest BCUT2D eigenvalue weighted by molar-refractivity contribution is 7.16. The summed E-state index contributed by atoms with van der Waals surface area (Å²) in [4.78, 5) is 26.5. The van der Waals surface area contributed by atoms with Crippen molar-refractivity contribution in [3.05, 3.63) is 81.7 Å². The number of carbonyl (C=O) groups is 2. The van der Waals surface area contributed by atoms with Crippen LogP contribution in [-0.2, 0) is 12.8 Å². The van der Waals surface area contributed by atoms with Gasteiger partial charge < -0.3 is 15.4 Å². The van der Waals surface area contributed by atoms with Gasteiger partial charge in [-0.1, -0.05) is 30.3 Å². The van der Waals surface area contributed by atoms with Crippen LogP contribution >= 0.6 is 11.3 Å². The molecular formula is C23H20N2O3S. The Morgan fingerprint density at radius 2 is 1.83 bits per heavy atom. The van der Waals surface area contributed by atoms with E-state index in [9.17, 15) is 9.59 Å². The normalized spacial score (nSPS) is 17.5. The maximum absolute atomic E-state index is 12.8. The van der Waals surface area contributed by atoms with E-state index in [-0.39, 0.29) is 12.1 Å². The second-order valence-corrected chi connectivity index (χ2v) is 8.40. The van der Waals surface area contributed by atoms with Gasteiger partial charge in [-0.25, -0.2) is 4.79 Å². The highest BCUT2D eigenvalue weighted by Gasteiger charge is 2.32. The Morgan fingerprint density at radius 3 is 2.69 bits per heavy atom. The summed E-state index contributed by atoms with van der Waals surface area (Å²) in [5.74, 6) is 0.00936. The number of carbonyl (C=O) groups excluding carboxylic acids is 2. The molecule has 146 valence electrons. The molecule has 1 aromatic heterocycles. The van der Waals surface area contributed by atoms with Crippen molar-refractivity contribution in [1.82, 2.24) is 5.32 Å². The molecular weight excluding hydrogens is 384 g/mol. The first-order valence-corrected chi connectivity index (χ1v) is 10.6. The third kappa shape index (κ3) is 3.40. The number of benzene rings is 2. The van der Waals surface area contributed by atoms with Crippen LogP contribution in [0.1, 0.15) is 55.7 Å². The van der Waals surface area contributed by atoms with Crippen molar-refractivity contribution in [2.75, 3.05) is 5.32 Å². The van der Waals surface area contributed by atoms with Crippen LogP contribution in [-0.4, -0.2) is 11.9 Å². The van der Waals surface area contributed by atoms with Gasteiger partial charge in [0.25, 0.3) is 5.91 Å². The van der Waals surface area contributed by atoms with E-state index in [1.807, 2.05) is 18.2 Å². The lowest BCUT2D eigenvalue weighted by molar-refractivity contribution is 0.0734. The maximum atomic E-state index is 12.8. The highest BCUT2D eigenvalue weighted by Crippen LogP contribution is 2.41. The molecule has 0 spiro atoms. The number of ether oxygens (including phenoxy) is 1. The summed E-state index contributed by atoms with van der Waals surface area (Å²) < 4.78 is 5.52. The van der Waals surface area contributed by atoms with Gasteiger partial charge in [-0.15, -0.1) is 11.3 Å². The van der Waals surface area contributed by atoms with E-state index in [0.29, 0.717) is 11.3 Å². The van der Waals surface area contributed by atoms with Gasteiger partial charge in [0.1, 0.15) is 16.9 Å². The predicted octanol–water partition coefficient (Wildman–Crippen LogP) is 4.70. The molecule has 1 aliphatic carbocycles. The maximum Gasteiger partial charge on any atom is 0.343 e. The van der Waals surface area contributed by atoms with E-state index in [4.69, 9.17) is 4.74 Å². The van der Waals surface area contributed by atoms with E-state index in [1.54, 1.807) is 47.7 Å². The van der Waals surface area contributed by atoms with E-state index in [2.05, 4.69) is 10.6 Å². The van der Waals surface area contributed by atoms with Gasteiger partial charge in [0.2, 0.25) is 0 Å². The average Bonchev–Trinajstić information content (AvgIpc) is 3.13. The van der Waals surface area contributed by atoms with Crippen molar-refractivity contribution >= 4 is 28.2 Å². The fourth-order valence-corrected chi connectivity index (χ4v) is 5.26. The Labute approximate surface area is 172 Å². The fraction of sp³-hybridized carbons (Fsp3) is 0.217. The summed E-state index contributed by atoms with van der Waals surface area (Å²) >= 11 is 1.69. The molecule has 5 nitrogen and oxygen atoms in total. The summed E-state index contributed by atoms with van der Waals surface area (Å²) in [5, 5.41) is 7.45. The van der Waals surface area contributed by atoms with Crippen LogP contribution in [0.3, 0.4) is 0 Å². The second-order valence-electron chi connectivity index (χ2n) is 7.29. The summed E-state index contributed by atoms with van der Waals surface area (Å²) in [6.07, 6.45) is 4.00. The van der Waals surface area contributed by atoms with Crippen LogP contribution in [0.4, 0.5) is 5.00 Å². The Morgan fingerprint density at radius 1 is 1.00 bits per heavy atom. The van der Waals surface area contributed by atoms with Crippen molar-refractivity contribution in [2.24, 2.45) is 0 Å². The van der Waals surface area contributed by atoms with Gasteiger partial charge in [-0.2, -0.15) is 0 Å². The first kappa shape index (κ1) is 17.9. The SMILES string of the molecule is O=C(Oc1cccc(C2NC(=O)c3c(sc4c3CCCC4)N2)c1)c1ccccc1. The number of esters is 1. The zero-order valence-corrected chi connectivity index (χ0v) is 16.6. The number of amides is 1. The van der Waals surface area contributed by atoms with E-state index < -0.39 is 5.97 Å². The third-order valence-corrected chi connectivity index (χ3v) is 6.58. The average molecular weight is 404 g/mol. The molecule has 0 fully saturated rings. The minimum atomic E-state index is -0.406. The smallest absolute Gasteiger partial charge is 0.343 e. The lowest BCUT2D eigenvalue weighted by Crippen LogP contribution is -2.38. The number of thiophene rings is 1. The Hall–Kier alpha value is -3.12. The molecule has 5 rings (SSSR count). The summed E-state index contributed by atoms with van der Waals surface area (Å²) in [7, 11) is 0. The summed E-state index contributed by atoms with van der Waals surface area (Å²) in [5.41, 5.74) is 3.36. The van der Waals surface area contributed by atoms with Gasteiger partial charge in [0.05, 0.1) is 11.1 Å². The minimum Gasteiger partial charge on any atom is -0.423 e. The monoisotopic (exact) mass is 404 g/mol. The Bertz CT molecular complexity index is 1090. The quantitative estimate of drug-likeness (QED) is 0.490. The molecule has 6 heteroatoms. The van der Waals surface area contributed by atoms with Gasteiger partial charge in [0, 0.05) is 4.88 Å². The van der Waals surface area contributed by atoms with Crippen LogP contribution in [0, 0.1) is 0 Å². The second kappa shape index (κ2) is 7.37. The minimum absolute atomic E-state index is 0.0326. The molecule has 0 radical (unpaired) electrons. The van der Waals surface area contributed by atoms with Gasteiger partial charge in [0.15, 0.2) is 0 Å². The fourth-order valence-electron chi connectivity index (χ4n) is 3.94. The Kier molecular flexibility index (Phi) is 4.56. The van der Waals surface area contributed by atoms with Crippen LogP contribution in [0.15, 0.2) is 54.6 Å². The number of hydrogen-bond donors (Lipinski definition) is 2. The molecule has 1 amide bonds. The zero-order valence-electron chi connectivity index (χ0n) is 15.7. The summed E-state index contributed by atoms with van der Waals surface area (Å²) in [6.45, 7) is 0. The third-order valence-electron chi connectivity index (χ3n) is 5.36. The van der Waals surface area contributed by atoms with Crippen LogP contribution < -0.4 is 15.4 Å². The molecule has 2 aliphatic rings. The van der Waals surface area contributed by atoms with Crippen LogP contribution in [0.25, 0.3) is 0 Å². The topological polar surface area (TPSA) is 67.4 Å². The molecule has 0 saturated carbocycles. The molecule has 29 heavy (non-hydrogen) atoms. The van der Waals surface area contributed by atoms with Gasteiger partial charge >= 0.3 is 5.97 Å². The summed E-state index contributed by atoms with van der Waals surface area (Å²) in [6, 6.07) is 16.2. The van der Waals surface area contributed by atoms with Gasteiger partial charge in [-0.05, 0) is 61.1 Å². The van der Waals surface area contributed by atoms with Crippen molar-refractivity contribution in [3.63, 3.8) is 0 Å². The molecule has 1 aliphatic heterocycles. The molecule has 0 bridgehead atoms. The molecule has 2 N–H and O–H groups in total. The number of hydrogen-bond acceptors (Lipinski definition) is 5. The molecule has 2 aromatic carbocycles. The van der Waals surface area contributed by atoms with Crippen molar-refractivity contribution in [3.8, 4) is 5.75 Å². The lowest BCUT2D eigenvalue weighted by Gasteiger charge is -2.27.